The van der Waals surface area contributed by atoms with Crippen molar-refractivity contribution in [3.05, 3.63) is 59.7 Å². The molecule has 0 aliphatic rings. The fourth-order valence-corrected chi connectivity index (χ4v) is 2.34. The molecule has 0 bridgehead atoms. The molecule has 0 fully saturated rings. The lowest BCUT2D eigenvalue weighted by molar-refractivity contribution is 0.607. The summed E-state index contributed by atoms with van der Waals surface area (Å²) in [5, 5.41) is 0. The van der Waals surface area contributed by atoms with Gasteiger partial charge in [-0.3, -0.25) is 4.72 Å². The second-order valence-corrected chi connectivity index (χ2v) is 6.24. The van der Waals surface area contributed by atoms with Gasteiger partial charge in [0, 0.05) is 11.4 Å². The predicted molar refractivity (Wildman–Crippen MR) is 78.6 cm³/mol. The summed E-state index contributed by atoms with van der Waals surface area (Å²) in [5.74, 6) is 0. The van der Waals surface area contributed by atoms with Crippen LogP contribution in [0.3, 0.4) is 0 Å². The molecule has 3 N–H and O–H groups in total. The van der Waals surface area contributed by atoms with Crippen LogP contribution in [0.15, 0.2) is 48.5 Å². The van der Waals surface area contributed by atoms with E-state index in [9.17, 15) is 8.42 Å². The van der Waals surface area contributed by atoms with Gasteiger partial charge in [-0.1, -0.05) is 24.3 Å². The smallest absolute Gasteiger partial charge is 0.229 e. The number of sulfonamides is 1. The van der Waals surface area contributed by atoms with E-state index in [1.807, 2.05) is 36.4 Å². The van der Waals surface area contributed by atoms with Gasteiger partial charge in [0.1, 0.15) is 0 Å². The van der Waals surface area contributed by atoms with Gasteiger partial charge in [-0.05, 0) is 41.8 Å². The molecule has 2 aromatic carbocycles. The quantitative estimate of drug-likeness (QED) is 0.841. The van der Waals surface area contributed by atoms with Crippen molar-refractivity contribution in [2.24, 2.45) is 0 Å². The number of nitrogen functional groups attached to an aromatic ring is 1. The van der Waals surface area contributed by atoms with Gasteiger partial charge in [0.2, 0.25) is 10.0 Å². The third kappa shape index (κ3) is 4.30. The van der Waals surface area contributed by atoms with Gasteiger partial charge in [0.05, 0.1) is 6.26 Å². The molecule has 0 saturated heterocycles. The molecule has 0 unspecified atom stereocenters. The van der Waals surface area contributed by atoms with E-state index >= 15 is 0 Å². The summed E-state index contributed by atoms with van der Waals surface area (Å²) >= 11 is 0. The van der Waals surface area contributed by atoms with Gasteiger partial charge >= 0.3 is 0 Å². The maximum atomic E-state index is 11.1. The summed E-state index contributed by atoms with van der Waals surface area (Å²) in [4.78, 5) is 0. The number of nitrogens with one attached hydrogen (secondary N) is 1. The first kappa shape index (κ1) is 13.4. The predicted octanol–water partition coefficient (Wildman–Crippen LogP) is 2.23. The average molecular weight is 276 g/mol. The lowest BCUT2D eigenvalue weighted by Crippen LogP contribution is -2.09. The van der Waals surface area contributed by atoms with Crippen LogP contribution in [-0.2, 0) is 16.4 Å². The molecule has 0 saturated carbocycles. The van der Waals surface area contributed by atoms with Gasteiger partial charge in [0.25, 0.3) is 0 Å². The van der Waals surface area contributed by atoms with Crippen LogP contribution in [-0.4, -0.2) is 14.7 Å². The highest BCUT2D eigenvalue weighted by Crippen LogP contribution is 2.15. The van der Waals surface area contributed by atoms with Gasteiger partial charge in [-0.25, -0.2) is 8.42 Å². The summed E-state index contributed by atoms with van der Waals surface area (Å²) in [6.07, 6.45) is 1.93. The Morgan fingerprint density at radius 1 is 0.947 bits per heavy atom. The Morgan fingerprint density at radius 2 is 1.42 bits per heavy atom. The maximum absolute atomic E-state index is 11.1. The molecule has 0 aliphatic heterocycles. The molecular formula is C14H16N2O2S. The second kappa shape index (κ2) is 5.32. The summed E-state index contributed by atoms with van der Waals surface area (Å²) < 4.78 is 24.6. The van der Waals surface area contributed by atoms with Gasteiger partial charge in [-0.2, -0.15) is 0 Å². The van der Waals surface area contributed by atoms with Crippen LogP contribution >= 0.6 is 0 Å². The zero-order valence-electron chi connectivity index (χ0n) is 10.6. The largest absolute Gasteiger partial charge is 0.399 e. The van der Waals surface area contributed by atoms with Crippen LogP contribution in [0.2, 0.25) is 0 Å². The van der Waals surface area contributed by atoms with Crippen molar-refractivity contribution in [3.63, 3.8) is 0 Å². The van der Waals surface area contributed by atoms with E-state index in [1.165, 1.54) is 0 Å². The van der Waals surface area contributed by atoms with Crippen molar-refractivity contribution in [2.45, 2.75) is 6.42 Å². The highest BCUT2D eigenvalue weighted by molar-refractivity contribution is 7.92. The van der Waals surface area contributed by atoms with E-state index in [-0.39, 0.29) is 0 Å². The number of rotatable bonds is 4. The molecule has 0 heterocycles. The first-order chi connectivity index (χ1) is 8.92. The summed E-state index contributed by atoms with van der Waals surface area (Å²) in [5.41, 5.74) is 9.23. The number of hydrogen-bond acceptors (Lipinski definition) is 3. The number of benzene rings is 2. The number of nitrogens with two attached hydrogens (primary N) is 1. The number of hydrogen-bond donors (Lipinski definition) is 2. The zero-order valence-corrected chi connectivity index (χ0v) is 11.4. The molecule has 0 atom stereocenters. The number of anilines is 2. The standard InChI is InChI=1S/C14H16N2O2S/c1-19(17,18)16-14-8-4-12(5-9-14)10-11-2-6-13(15)7-3-11/h2-9,16H,10,15H2,1H3. The first-order valence-corrected chi connectivity index (χ1v) is 7.73. The van der Waals surface area contributed by atoms with Crippen LogP contribution in [0.4, 0.5) is 11.4 Å². The molecule has 0 spiro atoms. The molecule has 5 heteroatoms. The normalized spacial score (nSPS) is 11.2. The van der Waals surface area contributed by atoms with Crippen LogP contribution < -0.4 is 10.5 Å². The SMILES string of the molecule is CS(=O)(=O)Nc1ccc(Cc2ccc(N)cc2)cc1. The first-order valence-electron chi connectivity index (χ1n) is 5.83. The highest BCUT2D eigenvalue weighted by atomic mass is 32.2. The molecule has 2 rings (SSSR count). The zero-order chi connectivity index (χ0) is 13.9. The minimum atomic E-state index is -3.22. The van der Waals surface area contributed by atoms with E-state index in [1.54, 1.807) is 12.1 Å². The van der Waals surface area contributed by atoms with Gasteiger partial charge in [-0.15, -0.1) is 0 Å². The topological polar surface area (TPSA) is 72.2 Å². The Bertz CT molecular complexity index is 647. The Morgan fingerprint density at radius 3 is 1.89 bits per heavy atom. The Balaban J connectivity index is 2.08. The fraction of sp³-hybridized carbons (Fsp3) is 0.143. The van der Waals surface area contributed by atoms with Crippen molar-refractivity contribution in [2.75, 3.05) is 16.7 Å². The van der Waals surface area contributed by atoms with Crippen LogP contribution in [0.1, 0.15) is 11.1 Å². The van der Waals surface area contributed by atoms with Crippen molar-refractivity contribution in [1.29, 1.82) is 0 Å². The van der Waals surface area contributed by atoms with Gasteiger partial charge in [0.15, 0.2) is 0 Å². The lowest BCUT2D eigenvalue weighted by Gasteiger charge is -2.06. The second-order valence-electron chi connectivity index (χ2n) is 4.49. The molecule has 100 valence electrons. The van der Waals surface area contributed by atoms with Crippen LogP contribution in [0.25, 0.3) is 0 Å². The minimum Gasteiger partial charge on any atom is -0.399 e. The Labute approximate surface area is 113 Å². The lowest BCUT2D eigenvalue weighted by atomic mass is 10.0. The van der Waals surface area contributed by atoms with E-state index in [0.717, 1.165) is 29.5 Å². The Hall–Kier alpha value is -2.01. The molecular weight excluding hydrogens is 260 g/mol. The molecule has 0 aromatic heterocycles. The summed E-state index contributed by atoms with van der Waals surface area (Å²) in [7, 11) is -3.22. The van der Waals surface area contributed by atoms with Crippen molar-refractivity contribution >= 4 is 21.4 Å². The molecule has 0 radical (unpaired) electrons. The summed E-state index contributed by atoms with van der Waals surface area (Å²) in [6, 6.07) is 15.0. The Kier molecular flexibility index (Phi) is 3.76. The van der Waals surface area contributed by atoms with Crippen molar-refractivity contribution < 1.29 is 8.42 Å². The monoisotopic (exact) mass is 276 g/mol. The molecule has 2 aromatic rings. The van der Waals surface area contributed by atoms with Crippen molar-refractivity contribution in [3.8, 4) is 0 Å². The minimum absolute atomic E-state index is 0.573. The van der Waals surface area contributed by atoms with E-state index in [0.29, 0.717) is 5.69 Å². The summed E-state index contributed by atoms with van der Waals surface area (Å²) in [6.45, 7) is 0. The maximum Gasteiger partial charge on any atom is 0.229 e. The van der Waals surface area contributed by atoms with Crippen molar-refractivity contribution in [1.82, 2.24) is 0 Å². The van der Waals surface area contributed by atoms with E-state index in [4.69, 9.17) is 5.73 Å². The highest BCUT2D eigenvalue weighted by Gasteiger charge is 2.02. The third-order valence-corrected chi connectivity index (χ3v) is 3.25. The molecule has 4 nitrogen and oxygen atoms in total. The van der Waals surface area contributed by atoms with E-state index < -0.39 is 10.0 Å². The van der Waals surface area contributed by atoms with E-state index in [2.05, 4.69) is 4.72 Å². The third-order valence-electron chi connectivity index (χ3n) is 2.65. The average Bonchev–Trinajstić information content (AvgIpc) is 2.33. The molecule has 19 heavy (non-hydrogen) atoms. The van der Waals surface area contributed by atoms with Gasteiger partial charge < -0.3 is 5.73 Å². The van der Waals surface area contributed by atoms with Crippen LogP contribution in [0.5, 0.6) is 0 Å². The fourth-order valence-electron chi connectivity index (χ4n) is 1.78. The molecule has 0 aliphatic carbocycles. The molecule has 0 amide bonds. The van der Waals surface area contributed by atoms with Crippen LogP contribution in [0, 0.1) is 0 Å².